The first-order valence-electron chi connectivity index (χ1n) is 6.07. The molecule has 0 atom stereocenters. The van der Waals surface area contributed by atoms with Crippen LogP contribution in [0.1, 0.15) is 33.6 Å². The average Bonchev–Trinajstić information content (AvgIpc) is 2.19. The molecule has 4 N–H and O–H groups in total. The first kappa shape index (κ1) is 15.4. The van der Waals surface area contributed by atoms with Crippen molar-refractivity contribution in [2.45, 2.75) is 43.9 Å². The van der Waals surface area contributed by atoms with E-state index in [0.29, 0.717) is 12.8 Å². The molecule has 18 heavy (non-hydrogen) atoms. The normalized spacial score (nSPS) is 21.8. The van der Waals surface area contributed by atoms with Gasteiger partial charge in [0.15, 0.2) is 0 Å². The van der Waals surface area contributed by atoms with Crippen molar-refractivity contribution < 1.29 is 8.42 Å². The number of nitrogens with zero attached hydrogens (tertiary/aromatic N) is 1. The Morgan fingerprint density at radius 1 is 1.33 bits per heavy atom. The largest absolute Gasteiger partial charge is 0.386 e. The van der Waals surface area contributed by atoms with Crippen LogP contribution in [-0.2, 0) is 10.0 Å². The Hall–Kier alpha value is -0.660. The van der Waals surface area contributed by atoms with E-state index >= 15 is 0 Å². The number of hydrogen-bond acceptors (Lipinski definition) is 4. The lowest BCUT2D eigenvalue weighted by Crippen LogP contribution is -2.63. The van der Waals surface area contributed by atoms with Gasteiger partial charge < -0.3 is 10.6 Å². The quantitative estimate of drug-likeness (QED) is 0.503. The molecule has 7 heteroatoms. The molecule has 0 amide bonds. The number of amidine groups is 1. The van der Waals surface area contributed by atoms with Crippen molar-refractivity contribution in [3.63, 3.8) is 0 Å². The topological polar surface area (TPSA) is 99.3 Å². The summed E-state index contributed by atoms with van der Waals surface area (Å²) in [7, 11) is -1.53. The Kier molecular flexibility index (Phi) is 4.10. The van der Waals surface area contributed by atoms with Crippen LogP contribution in [0.4, 0.5) is 0 Å². The third kappa shape index (κ3) is 3.02. The van der Waals surface area contributed by atoms with E-state index in [9.17, 15) is 8.42 Å². The van der Waals surface area contributed by atoms with Crippen molar-refractivity contribution in [1.29, 1.82) is 5.41 Å². The predicted molar refractivity (Wildman–Crippen MR) is 73.2 cm³/mol. The van der Waals surface area contributed by atoms with Gasteiger partial charge in [-0.1, -0.05) is 0 Å². The number of hydrogen-bond donors (Lipinski definition) is 3. The molecule has 1 aliphatic heterocycles. The first-order valence-corrected chi connectivity index (χ1v) is 7.55. The van der Waals surface area contributed by atoms with Crippen LogP contribution in [-0.4, -0.2) is 49.6 Å². The average molecular weight is 276 g/mol. The van der Waals surface area contributed by atoms with Gasteiger partial charge in [0.05, 0.1) is 10.3 Å². The summed E-state index contributed by atoms with van der Waals surface area (Å²) in [5.41, 5.74) is 4.72. The summed E-state index contributed by atoms with van der Waals surface area (Å²) in [5, 5.41) is 7.72. The highest BCUT2D eigenvalue weighted by Gasteiger charge is 2.43. The SMILES string of the molecule is CN1CCC(NS(=O)(=O)C(C)(C)C)(C(=N)N)CC1. The van der Waals surface area contributed by atoms with E-state index in [4.69, 9.17) is 11.1 Å². The maximum atomic E-state index is 12.2. The smallest absolute Gasteiger partial charge is 0.217 e. The van der Waals surface area contributed by atoms with Gasteiger partial charge in [0.1, 0.15) is 5.84 Å². The van der Waals surface area contributed by atoms with Gasteiger partial charge in [0.2, 0.25) is 10.0 Å². The van der Waals surface area contributed by atoms with E-state index in [1.54, 1.807) is 20.8 Å². The zero-order valence-electron chi connectivity index (χ0n) is 11.6. The molecule has 0 aromatic rings. The fourth-order valence-electron chi connectivity index (χ4n) is 1.84. The molecule has 1 heterocycles. The maximum absolute atomic E-state index is 12.2. The van der Waals surface area contributed by atoms with Crippen LogP contribution < -0.4 is 10.5 Å². The van der Waals surface area contributed by atoms with Gasteiger partial charge in [-0.15, -0.1) is 0 Å². The van der Waals surface area contributed by atoms with Crippen molar-refractivity contribution in [2.75, 3.05) is 20.1 Å². The molecule has 1 saturated heterocycles. The third-order valence-electron chi connectivity index (χ3n) is 3.49. The maximum Gasteiger partial charge on any atom is 0.217 e. The van der Waals surface area contributed by atoms with Gasteiger partial charge in [0.25, 0.3) is 0 Å². The van der Waals surface area contributed by atoms with Gasteiger partial charge in [-0.25, -0.2) is 13.1 Å². The fraction of sp³-hybridized carbons (Fsp3) is 0.909. The minimum atomic E-state index is -3.51. The molecule has 0 bridgehead atoms. The summed E-state index contributed by atoms with van der Waals surface area (Å²) in [5.74, 6) is -0.0941. The van der Waals surface area contributed by atoms with Crippen molar-refractivity contribution in [2.24, 2.45) is 5.73 Å². The molecular weight excluding hydrogens is 252 g/mol. The lowest BCUT2D eigenvalue weighted by Gasteiger charge is -2.41. The molecule has 1 rings (SSSR count). The van der Waals surface area contributed by atoms with Gasteiger partial charge in [-0.05, 0) is 40.7 Å². The molecule has 106 valence electrons. The molecule has 0 aromatic heterocycles. The van der Waals surface area contributed by atoms with Crippen LogP contribution in [0, 0.1) is 5.41 Å². The fourth-order valence-corrected chi connectivity index (χ4v) is 2.97. The summed E-state index contributed by atoms with van der Waals surface area (Å²) < 4.78 is 26.2. The molecule has 0 spiro atoms. The van der Waals surface area contributed by atoms with Crippen molar-refractivity contribution in [3.8, 4) is 0 Å². The summed E-state index contributed by atoms with van der Waals surface area (Å²) in [6.07, 6.45) is 1.07. The number of sulfonamides is 1. The van der Waals surface area contributed by atoms with Crippen LogP contribution >= 0.6 is 0 Å². The van der Waals surface area contributed by atoms with E-state index in [0.717, 1.165) is 13.1 Å². The van der Waals surface area contributed by atoms with E-state index in [2.05, 4.69) is 9.62 Å². The Morgan fingerprint density at radius 2 is 1.78 bits per heavy atom. The molecule has 0 saturated carbocycles. The summed E-state index contributed by atoms with van der Waals surface area (Å²) in [4.78, 5) is 2.10. The highest BCUT2D eigenvalue weighted by Crippen LogP contribution is 2.25. The zero-order valence-corrected chi connectivity index (χ0v) is 12.4. The standard InChI is InChI=1S/C11H24N4O2S/c1-10(2,3)18(16,17)14-11(9(12)13)5-7-15(4)8-6-11/h14H,5-8H2,1-4H3,(H3,12,13). The van der Waals surface area contributed by atoms with Crippen molar-refractivity contribution in [1.82, 2.24) is 9.62 Å². The Labute approximate surface area is 109 Å². The molecule has 0 radical (unpaired) electrons. The van der Waals surface area contributed by atoms with Gasteiger partial charge in [0, 0.05) is 13.1 Å². The van der Waals surface area contributed by atoms with Crippen molar-refractivity contribution in [3.05, 3.63) is 0 Å². The Morgan fingerprint density at radius 3 is 2.11 bits per heavy atom. The second-order valence-electron chi connectivity index (χ2n) is 6.02. The number of nitrogens with two attached hydrogens (primary N) is 1. The summed E-state index contributed by atoms with van der Waals surface area (Å²) >= 11 is 0. The number of likely N-dealkylation sites (tertiary alicyclic amines) is 1. The lowest BCUT2D eigenvalue weighted by molar-refractivity contribution is 0.218. The summed E-state index contributed by atoms with van der Waals surface area (Å²) in [6, 6.07) is 0. The summed E-state index contributed by atoms with van der Waals surface area (Å²) in [6.45, 7) is 6.37. The van der Waals surface area contributed by atoms with Crippen LogP contribution in [0.5, 0.6) is 0 Å². The van der Waals surface area contributed by atoms with E-state index in [1.165, 1.54) is 0 Å². The van der Waals surface area contributed by atoms with Crippen LogP contribution in [0.2, 0.25) is 0 Å². The third-order valence-corrected chi connectivity index (χ3v) is 5.76. The lowest BCUT2D eigenvalue weighted by atomic mass is 9.88. The monoisotopic (exact) mass is 276 g/mol. The van der Waals surface area contributed by atoms with E-state index in [1.807, 2.05) is 7.05 Å². The molecule has 0 unspecified atom stereocenters. The highest BCUT2D eigenvalue weighted by molar-refractivity contribution is 7.90. The Bertz CT molecular complexity index is 417. The first-order chi connectivity index (χ1) is 8.00. The van der Waals surface area contributed by atoms with E-state index < -0.39 is 20.3 Å². The van der Waals surface area contributed by atoms with E-state index in [-0.39, 0.29) is 5.84 Å². The molecule has 0 aliphatic carbocycles. The number of rotatable bonds is 3. The molecular formula is C11H24N4O2S. The predicted octanol–water partition coefficient (Wildman–Crippen LogP) is 0.105. The highest BCUT2D eigenvalue weighted by atomic mass is 32.2. The molecule has 6 nitrogen and oxygen atoms in total. The van der Waals surface area contributed by atoms with Gasteiger partial charge in [-0.3, -0.25) is 5.41 Å². The van der Waals surface area contributed by atoms with Crippen LogP contribution in [0.25, 0.3) is 0 Å². The van der Waals surface area contributed by atoms with Crippen molar-refractivity contribution >= 4 is 15.9 Å². The zero-order chi connectivity index (χ0) is 14.2. The second-order valence-corrected chi connectivity index (χ2v) is 8.45. The molecule has 1 fully saturated rings. The minimum absolute atomic E-state index is 0.0941. The number of nitrogens with one attached hydrogen (secondary N) is 2. The van der Waals surface area contributed by atoms with Crippen LogP contribution in [0.3, 0.4) is 0 Å². The minimum Gasteiger partial charge on any atom is -0.386 e. The molecule has 0 aromatic carbocycles. The van der Waals surface area contributed by atoms with Gasteiger partial charge in [-0.2, -0.15) is 0 Å². The Balaban J connectivity index is 2.99. The van der Waals surface area contributed by atoms with Gasteiger partial charge >= 0.3 is 0 Å². The molecule has 1 aliphatic rings. The second kappa shape index (κ2) is 4.79. The van der Waals surface area contributed by atoms with Crippen LogP contribution in [0.15, 0.2) is 0 Å². The number of piperidine rings is 1.